The zero-order valence-electron chi connectivity index (χ0n) is 11.5. The first kappa shape index (κ1) is 15.1. The highest BCUT2D eigenvalue weighted by atomic mass is 16.4. The van der Waals surface area contributed by atoms with Crippen molar-refractivity contribution < 1.29 is 14.7 Å². The van der Waals surface area contributed by atoms with Crippen molar-refractivity contribution >= 4 is 11.9 Å². The summed E-state index contributed by atoms with van der Waals surface area (Å²) in [5.41, 5.74) is 1.91. The molecule has 6 heteroatoms. The highest BCUT2D eigenvalue weighted by Crippen LogP contribution is 2.10. The van der Waals surface area contributed by atoms with Crippen LogP contribution >= 0.6 is 0 Å². The van der Waals surface area contributed by atoms with Crippen LogP contribution in [-0.2, 0) is 11.2 Å². The number of carbonyl (C=O) groups excluding carboxylic acids is 1. The van der Waals surface area contributed by atoms with Gasteiger partial charge in [0.25, 0.3) is 5.91 Å². The van der Waals surface area contributed by atoms with Gasteiger partial charge in [-0.15, -0.1) is 0 Å². The van der Waals surface area contributed by atoms with Gasteiger partial charge in [0.05, 0.1) is 17.0 Å². The van der Waals surface area contributed by atoms with E-state index in [1.807, 2.05) is 6.92 Å². The molecule has 0 atom stereocenters. The van der Waals surface area contributed by atoms with E-state index in [0.717, 1.165) is 0 Å². The smallest absolute Gasteiger partial charge is 0.303 e. The maximum absolute atomic E-state index is 12.3. The van der Waals surface area contributed by atoms with Crippen molar-refractivity contribution in [2.45, 2.75) is 33.1 Å². The molecule has 0 radical (unpaired) electrons. The minimum atomic E-state index is -0.850. The fourth-order valence-electron chi connectivity index (χ4n) is 1.74. The normalized spacial score (nSPS) is 10.3. The number of carbonyl (C=O) groups is 2. The van der Waals surface area contributed by atoms with Crippen LogP contribution in [0.5, 0.6) is 0 Å². The first-order valence-corrected chi connectivity index (χ1v) is 6.26. The van der Waals surface area contributed by atoms with Crippen molar-refractivity contribution in [3.8, 4) is 0 Å². The van der Waals surface area contributed by atoms with Gasteiger partial charge in [-0.05, 0) is 25.8 Å². The fraction of sp³-hybridized carbons (Fsp3) is 0.538. The van der Waals surface area contributed by atoms with Gasteiger partial charge in [0, 0.05) is 20.0 Å². The Kier molecular flexibility index (Phi) is 5.41. The standard InChI is InChI=1S/C13H19N3O3/c1-4-11-10(8-9(2)14-15-11)13(19)16(3)7-5-6-12(17)18/h8H,4-7H2,1-3H3,(H,17,18). The van der Waals surface area contributed by atoms with Gasteiger partial charge in [0.1, 0.15) is 0 Å². The van der Waals surface area contributed by atoms with E-state index >= 15 is 0 Å². The van der Waals surface area contributed by atoms with Crippen molar-refractivity contribution in [1.82, 2.24) is 15.1 Å². The molecule has 1 N–H and O–H groups in total. The molecule has 0 saturated heterocycles. The number of nitrogens with zero attached hydrogens (tertiary/aromatic N) is 3. The first-order valence-electron chi connectivity index (χ1n) is 6.26. The van der Waals surface area contributed by atoms with Crippen LogP contribution in [0.1, 0.15) is 41.5 Å². The lowest BCUT2D eigenvalue weighted by atomic mass is 10.1. The fourth-order valence-corrected chi connectivity index (χ4v) is 1.74. The quantitative estimate of drug-likeness (QED) is 0.837. The van der Waals surface area contributed by atoms with Gasteiger partial charge in [-0.1, -0.05) is 6.92 Å². The highest BCUT2D eigenvalue weighted by molar-refractivity contribution is 5.95. The molecular weight excluding hydrogens is 246 g/mol. The van der Waals surface area contributed by atoms with E-state index < -0.39 is 5.97 Å². The van der Waals surface area contributed by atoms with E-state index in [0.29, 0.717) is 36.3 Å². The second-order valence-corrected chi connectivity index (χ2v) is 4.42. The largest absolute Gasteiger partial charge is 0.481 e. The van der Waals surface area contributed by atoms with Crippen LogP contribution in [0.3, 0.4) is 0 Å². The molecule has 1 heterocycles. The Labute approximate surface area is 112 Å². The molecule has 0 aliphatic rings. The lowest BCUT2D eigenvalue weighted by Crippen LogP contribution is -2.29. The molecule has 0 fully saturated rings. The Hall–Kier alpha value is -1.98. The van der Waals surface area contributed by atoms with Gasteiger partial charge < -0.3 is 10.0 Å². The zero-order chi connectivity index (χ0) is 14.4. The second-order valence-electron chi connectivity index (χ2n) is 4.42. The Morgan fingerprint density at radius 3 is 2.63 bits per heavy atom. The Morgan fingerprint density at radius 2 is 2.05 bits per heavy atom. The molecule has 0 aliphatic carbocycles. The average molecular weight is 265 g/mol. The van der Waals surface area contributed by atoms with Crippen molar-refractivity contribution in [2.24, 2.45) is 0 Å². The maximum Gasteiger partial charge on any atom is 0.303 e. The van der Waals surface area contributed by atoms with Crippen molar-refractivity contribution in [3.05, 3.63) is 23.0 Å². The van der Waals surface area contributed by atoms with Gasteiger partial charge in [-0.25, -0.2) is 0 Å². The predicted molar refractivity (Wildman–Crippen MR) is 70.0 cm³/mol. The van der Waals surface area contributed by atoms with E-state index in [9.17, 15) is 9.59 Å². The molecule has 19 heavy (non-hydrogen) atoms. The van der Waals surface area contributed by atoms with E-state index in [1.165, 1.54) is 4.90 Å². The van der Waals surface area contributed by atoms with Crippen LogP contribution in [0.4, 0.5) is 0 Å². The summed E-state index contributed by atoms with van der Waals surface area (Å²) in [6, 6.07) is 1.72. The summed E-state index contributed by atoms with van der Waals surface area (Å²) in [6.45, 7) is 4.11. The third-order valence-corrected chi connectivity index (χ3v) is 2.79. The zero-order valence-corrected chi connectivity index (χ0v) is 11.5. The summed E-state index contributed by atoms with van der Waals surface area (Å²) < 4.78 is 0. The van der Waals surface area contributed by atoms with Crippen molar-refractivity contribution in [2.75, 3.05) is 13.6 Å². The number of aryl methyl sites for hydroxylation is 2. The monoisotopic (exact) mass is 265 g/mol. The molecule has 0 aliphatic heterocycles. The van der Waals surface area contributed by atoms with Crippen molar-refractivity contribution in [1.29, 1.82) is 0 Å². The molecule has 0 saturated carbocycles. The number of carboxylic acid groups (broad SMARTS) is 1. The summed E-state index contributed by atoms with van der Waals surface area (Å²) in [6.07, 6.45) is 1.14. The SMILES string of the molecule is CCc1nnc(C)cc1C(=O)N(C)CCCC(=O)O. The topological polar surface area (TPSA) is 83.4 Å². The number of hydrogen-bond donors (Lipinski definition) is 1. The average Bonchev–Trinajstić information content (AvgIpc) is 2.37. The molecule has 0 unspecified atom stereocenters. The van der Waals surface area contributed by atoms with Crippen LogP contribution < -0.4 is 0 Å². The van der Waals surface area contributed by atoms with Crippen LogP contribution in [0.2, 0.25) is 0 Å². The van der Waals surface area contributed by atoms with Gasteiger partial charge in [-0.3, -0.25) is 9.59 Å². The minimum absolute atomic E-state index is 0.0614. The third-order valence-electron chi connectivity index (χ3n) is 2.79. The van der Waals surface area contributed by atoms with Crippen LogP contribution in [-0.4, -0.2) is 45.7 Å². The van der Waals surface area contributed by atoms with E-state index in [4.69, 9.17) is 5.11 Å². The molecule has 6 nitrogen and oxygen atoms in total. The summed E-state index contributed by atoms with van der Waals surface area (Å²) in [4.78, 5) is 24.2. The number of aliphatic carboxylic acids is 1. The summed E-state index contributed by atoms with van der Waals surface area (Å²) in [5, 5.41) is 16.5. The van der Waals surface area contributed by atoms with Gasteiger partial charge in [-0.2, -0.15) is 10.2 Å². The number of aromatic nitrogens is 2. The van der Waals surface area contributed by atoms with Gasteiger partial charge >= 0.3 is 5.97 Å². The van der Waals surface area contributed by atoms with E-state index in [1.54, 1.807) is 20.0 Å². The van der Waals surface area contributed by atoms with Crippen LogP contribution in [0, 0.1) is 6.92 Å². The number of carboxylic acids is 1. The molecule has 104 valence electrons. The second kappa shape index (κ2) is 6.82. The van der Waals surface area contributed by atoms with Gasteiger partial charge in [0.2, 0.25) is 0 Å². The van der Waals surface area contributed by atoms with E-state index in [-0.39, 0.29) is 12.3 Å². The molecular formula is C13H19N3O3. The Morgan fingerprint density at radius 1 is 1.37 bits per heavy atom. The Bertz CT molecular complexity index is 474. The number of amides is 1. The third kappa shape index (κ3) is 4.31. The molecule has 0 spiro atoms. The number of hydrogen-bond acceptors (Lipinski definition) is 4. The maximum atomic E-state index is 12.3. The predicted octanol–water partition coefficient (Wildman–Crippen LogP) is 1.28. The molecule has 1 amide bonds. The lowest BCUT2D eigenvalue weighted by molar-refractivity contribution is -0.137. The van der Waals surface area contributed by atoms with Crippen LogP contribution in [0.25, 0.3) is 0 Å². The molecule has 0 aromatic carbocycles. The summed E-state index contributed by atoms with van der Waals surface area (Å²) in [7, 11) is 1.67. The van der Waals surface area contributed by atoms with Gasteiger partial charge in [0.15, 0.2) is 0 Å². The number of rotatable bonds is 6. The molecule has 1 aromatic rings. The summed E-state index contributed by atoms with van der Waals surface area (Å²) in [5.74, 6) is -0.989. The Balaban J connectivity index is 2.76. The van der Waals surface area contributed by atoms with Crippen LogP contribution in [0.15, 0.2) is 6.07 Å². The molecule has 0 bridgehead atoms. The lowest BCUT2D eigenvalue weighted by Gasteiger charge is -2.18. The minimum Gasteiger partial charge on any atom is -0.481 e. The molecule has 1 rings (SSSR count). The molecule has 1 aromatic heterocycles. The summed E-state index contributed by atoms with van der Waals surface area (Å²) >= 11 is 0. The first-order chi connectivity index (χ1) is 8.95. The van der Waals surface area contributed by atoms with E-state index in [2.05, 4.69) is 10.2 Å². The highest BCUT2D eigenvalue weighted by Gasteiger charge is 2.17. The van der Waals surface area contributed by atoms with Crippen molar-refractivity contribution in [3.63, 3.8) is 0 Å².